The monoisotopic (exact) mass is 398 g/mol. The van der Waals surface area contributed by atoms with Crippen LogP contribution in [0, 0.1) is 0 Å². The molecule has 2 aromatic rings. The first-order chi connectivity index (χ1) is 12.5. The van der Waals surface area contributed by atoms with E-state index < -0.39 is 5.60 Å². The fourth-order valence-corrected chi connectivity index (χ4v) is 2.48. The number of anilines is 4. The molecule has 0 aliphatic rings. The molecule has 0 bridgehead atoms. The lowest BCUT2D eigenvalue weighted by Crippen LogP contribution is -2.35. The van der Waals surface area contributed by atoms with Gasteiger partial charge in [-0.2, -0.15) is 9.97 Å². The number of hydrogen-bond donors (Lipinski definition) is 5. The van der Waals surface area contributed by atoms with E-state index in [1.54, 1.807) is 14.1 Å². The molecule has 0 amide bonds. The highest BCUT2D eigenvalue weighted by atomic mass is 35.5. The van der Waals surface area contributed by atoms with Crippen LogP contribution in [0.4, 0.5) is 23.5 Å². The second kappa shape index (κ2) is 10.3. The number of hydrogen-bond acceptors (Lipinski definition) is 9. The van der Waals surface area contributed by atoms with E-state index in [9.17, 15) is 5.11 Å². The van der Waals surface area contributed by atoms with Gasteiger partial charge in [0, 0.05) is 27.2 Å². The maximum Gasteiger partial charge on any atom is 0.225 e. The molecule has 2 heterocycles. The van der Waals surface area contributed by atoms with Gasteiger partial charge in [0.1, 0.15) is 11.0 Å². The molecule has 0 aliphatic carbocycles. The van der Waals surface area contributed by atoms with Crippen molar-refractivity contribution in [1.29, 1.82) is 0 Å². The first-order valence-electron chi connectivity index (χ1n) is 9.15. The molecular formula is C17H31ClN8O. The third-order valence-corrected chi connectivity index (χ3v) is 4.43. The highest BCUT2D eigenvalue weighted by Crippen LogP contribution is 2.27. The van der Waals surface area contributed by atoms with Gasteiger partial charge in [0.05, 0.1) is 5.60 Å². The lowest BCUT2D eigenvalue weighted by Gasteiger charge is -2.26. The molecular weight excluding hydrogens is 368 g/mol. The number of nitrogens with zero attached hydrogens (tertiary/aromatic N) is 4. The molecule has 2 aromatic heterocycles. The van der Waals surface area contributed by atoms with Gasteiger partial charge < -0.3 is 26.4 Å². The summed E-state index contributed by atoms with van der Waals surface area (Å²) in [5, 5.41) is 23.1. The minimum Gasteiger partial charge on any atom is -0.388 e. The molecule has 27 heavy (non-hydrogen) atoms. The topological polar surface area (TPSA) is 120 Å². The smallest absolute Gasteiger partial charge is 0.225 e. The van der Waals surface area contributed by atoms with Crippen molar-refractivity contribution >= 4 is 47.0 Å². The summed E-state index contributed by atoms with van der Waals surface area (Å²) in [4.78, 5) is 18.0. The Morgan fingerprint density at radius 2 is 1.30 bits per heavy atom. The summed E-state index contributed by atoms with van der Waals surface area (Å²) in [5.41, 5.74) is 0.450. The number of nitrogens with one attached hydrogen (secondary N) is 4. The Balaban J connectivity index is 0.00000364. The molecule has 9 nitrogen and oxygen atoms in total. The van der Waals surface area contributed by atoms with Crippen molar-refractivity contribution in [3.05, 3.63) is 0 Å². The van der Waals surface area contributed by atoms with Gasteiger partial charge in [0.15, 0.2) is 11.6 Å². The number of fused-ring (bicyclic) bond motifs is 1. The van der Waals surface area contributed by atoms with E-state index in [4.69, 9.17) is 0 Å². The molecule has 0 radical (unpaired) electrons. The van der Waals surface area contributed by atoms with Crippen LogP contribution in [-0.2, 0) is 0 Å². The minimum atomic E-state index is -0.792. The average molecular weight is 399 g/mol. The summed E-state index contributed by atoms with van der Waals surface area (Å²) >= 11 is 0. The fourth-order valence-electron chi connectivity index (χ4n) is 2.48. The van der Waals surface area contributed by atoms with Crippen LogP contribution >= 0.6 is 12.4 Å². The Hall–Kier alpha value is -2.13. The third-order valence-electron chi connectivity index (χ3n) is 4.43. The Labute approximate surface area is 166 Å². The summed E-state index contributed by atoms with van der Waals surface area (Å²) in [7, 11) is 3.54. The normalized spacial score (nSPS) is 11.0. The van der Waals surface area contributed by atoms with E-state index in [-0.39, 0.29) is 12.4 Å². The van der Waals surface area contributed by atoms with Gasteiger partial charge in [-0.25, -0.2) is 9.97 Å². The van der Waals surface area contributed by atoms with Crippen LogP contribution < -0.4 is 21.3 Å². The van der Waals surface area contributed by atoms with Crippen LogP contribution in [0.2, 0.25) is 0 Å². The van der Waals surface area contributed by atoms with Crippen LogP contribution in [0.3, 0.4) is 0 Å². The largest absolute Gasteiger partial charge is 0.388 e. The van der Waals surface area contributed by atoms with Crippen molar-refractivity contribution < 1.29 is 5.11 Å². The summed E-state index contributed by atoms with van der Waals surface area (Å²) < 4.78 is 0. The number of aliphatic hydroxyl groups is 1. The average Bonchev–Trinajstić information content (AvgIpc) is 2.69. The first-order valence-corrected chi connectivity index (χ1v) is 9.15. The molecule has 0 atom stereocenters. The van der Waals surface area contributed by atoms with E-state index in [0.717, 1.165) is 13.0 Å². The zero-order chi connectivity index (χ0) is 19.2. The van der Waals surface area contributed by atoms with E-state index in [1.165, 1.54) is 0 Å². The van der Waals surface area contributed by atoms with Crippen LogP contribution in [-0.4, -0.2) is 57.8 Å². The molecule has 0 aliphatic heterocycles. The molecule has 0 saturated heterocycles. The highest BCUT2D eigenvalue weighted by Gasteiger charge is 2.23. The SMILES string of the molecule is CCCNc1nc(NC)nc2c(NCC(O)(CC)CC)nc(NC)nc12.Cl. The minimum absolute atomic E-state index is 0. The lowest BCUT2D eigenvalue weighted by atomic mass is 9.98. The molecule has 0 spiro atoms. The van der Waals surface area contributed by atoms with E-state index >= 15 is 0 Å². The first kappa shape index (κ1) is 22.9. The van der Waals surface area contributed by atoms with Crippen molar-refractivity contribution in [2.45, 2.75) is 45.6 Å². The summed E-state index contributed by atoms with van der Waals surface area (Å²) in [5.74, 6) is 2.18. The van der Waals surface area contributed by atoms with Gasteiger partial charge in [-0.3, -0.25) is 0 Å². The predicted molar refractivity (Wildman–Crippen MR) is 114 cm³/mol. The fraction of sp³-hybridized carbons (Fsp3) is 0.647. The Morgan fingerprint density at radius 1 is 0.815 bits per heavy atom. The van der Waals surface area contributed by atoms with Gasteiger partial charge >= 0.3 is 0 Å². The standard InChI is InChI=1S/C17H30N8O.ClH/c1-6-9-20-13-11-12(23-15(18-4)24-13)14(25-16(19-5)22-11)21-10-17(26,7-2)8-3;/h26H,6-10H2,1-5H3,(H2,18,20,23,24)(H2,19,21,22,25);1H. The molecule has 152 valence electrons. The molecule has 10 heteroatoms. The maximum absolute atomic E-state index is 10.6. The van der Waals surface area contributed by atoms with Crippen molar-refractivity contribution in [2.75, 3.05) is 48.5 Å². The van der Waals surface area contributed by atoms with E-state index in [0.29, 0.717) is 54.0 Å². The molecule has 0 fully saturated rings. The van der Waals surface area contributed by atoms with Crippen LogP contribution in [0.1, 0.15) is 40.0 Å². The van der Waals surface area contributed by atoms with Gasteiger partial charge in [-0.1, -0.05) is 20.8 Å². The zero-order valence-electron chi connectivity index (χ0n) is 16.7. The third kappa shape index (κ3) is 5.43. The Kier molecular flexibility index (Phi) is 8.71. The summed E-state index contributed by atoms with van der Waals surface area (Å²) in [6.45, 7) is 7.19. The van der Waals surface area contributed by atoms with Gasteiger partial charge in [-0.15, -0.1) is 12.4 Å². The predicted octanol–water partition coefficient (Wildman–Crippen LogP) is 2.71. The van der Waals surface area contributed by atoms with Crippen molar-refractivity contribution in [3.63, 3.8) is 0 Å². The second-order valence-electron chi connectivity index (χ2n) is 6.20. The van der Waals surface area contributed by atoms with Crippen molar-refractivity contribution in [1.82, 2.24) is 19.9 Å². The van der Waals surface area contributed by atoms with Crippen molar-refractivity contribution in [2.24, 2.45) is 0 Å². The lowest BCUT2D eigenvalue weighted by molar-refractivity contribution is 0.0456. The quantitative estimate of drug-likeness (QED) is 0.411. The second-order valence-corrected chi connectivity index (χ2v) is 6.20. The highest BCUT2D eigenvalue weighted by molar-refractivity contribution is 5.94. The molecule has 5 N–H and O–H groups in total. The van der Waals surface area contributed by atoms with Gasteiger partial charge in [-0.05, 0) is 19.3 Å². The van der Waals surface area contributed by atoms with Gasteiger partial charge in [0.2, 0.25) is 11.9 Å². The molecule has 2 rings (SSSR count). The van der Waals surface area contributed by atoms with Crippen LogP contribution in [0.25, 0.3) is 11.0 Å². The van der Waals surface area contributed by atoms with Crippen LogP contribution in [0.15, 0.2) is 0 Å². The van der Waals surface area contributed by atoms with E-state index in [2.05, 4.69) is 48.1 Å². The Morgan fingerprint density at radius 3 is 1.70 bits per heavy atom. The molecule has 0 unspecified atom stereocenters. The summed E-state index contributed by atoms with van der Waals surface area (Å²) in [6.07, 6.45) is 2.27. The maximum atomic E-state index is 10.6. The van der Waals surface area contributed by atoms with Crippen molar-refractivity contribution in [3.8, 4) is 0 Å². The number of halogens is 1. The summed E-state index contributed by atoms with van der Waals surface area (Å²) in [6, 6.07) is 0. The zero-order valence-corrected chi connectivity index (χ0v) is 17.5. The van der Waals surface area contributed by atoms with Crippen LogP contribution in [0.5, 0.6) is 0 Å². The van der Waals surface area contributed by atoms with Gasteiger partial charge in [0.25, 0.3) is 0 Å². The Bertz CT molecular complexity index is 738. The van der Waals surface area contributed by atoms with E-state index in [1.807, 2.05) is 13.8 Å². The number of aromatic nitrogens is 4. The number of rotatable bonds is 10. The molecule has 0 saturated carbocycles. The molecule has 0 aromatic carbocycles.